The molecule has 1 heterocycles. The lowest BCUT2D eigenvalue weighted by atomic mass is 10.1. The maximum absolute atomic E-state index is 5.36. The van der Waals surface area contributed by atoms with Crippen LogP contribution in [0.5, 0.6) is 0 Å². The van der Waals surface area contributed by atoms with Gasteiger partial charge in [-0.05, 0) is 19.8 Å². The highest BCUT2D eigenvalue weighted by Crippen LogP contribution is 2.16. The molecule has 0 fully saturated rings. The molecule has 0 bridgehead atoms. The molecule has 0 unspecified atom stereocenters. The van der Waals surface area contributed by atoms with Gasteiger partial charge in [0.15, 0.2) is 5.96 Å². The Hall–Kier alpha value is -1.56. The molecular weight excluding hydrogens is 268 g/mol. The molecule has 0 radical (unpaired) electrons. The molecule has 0 saturated heterocycles. The SMILES string of the molecule is CCNC(=NCc1c(CC)noc1CC)NCCCOC. The summed E-state index contributed by atoms with van der Waals surface area (Å²) in [5, 5.41) is 10.7. The van der Waals surface area contributed by atoms with Gasteiger partial charge in [-0.3, -0.25) is 0 Å². The van der Waals surface area contributed by atoms with Gasteiger partial charge in [0.25, 0.3) is 0 Å². The molecule has 0 aliphatic rings. The predicted molar refractivity (Wildman–Crippen MR) is 84.6 cm³/mol. The van der Waals surface area contributed by atoms with E-state index in [1.165, 1.54) is 0 Å². The molecular formula is C15H28N4O2. The number of nitrogens with zero attached hydrogens (tertiary/aromatic N) is 2. The predicted octanol–water partition coefficient (Wildman–Crippen LogP) is 1.89. The molecule has 1 rings (SSSR count). The van der Waals surface area contributed by atoms with Crippen molar-refractivity contribution in [1.29, 1.82) is 0 Å². The highest BCUT2D eigenvalue weighted by atomic mass is 16.5. The van der Waals surface area contributed by atoms with Crippen molar-refractivity contribution in [2.45, 2.75) is 46.6 Å². The van der Waals surface area contributed by atoms with Crippen LogP contribution in [0.25, 0.3) is 0 Å². The maximum Gasteiger partial charge on any atom is 0.191 e. The van der Waals surface area contributed by atoms with E-state index >= 15 is 0 Å². The van der Waals surface area contributed by atoms with Crippen LogP contribution >= 0.6 is 0 Å². The molecule has 6 heteroatoms. The maximum atomic E-state index is 5.36. The monoisotopic (exact) mass is 296 g/mol. The van der Waals surface area contributed by atoms with Crippen LogP contribution in [0.15, 0.2) is 9.52 Å². The first-order chi connectivity index (χ1) is 10.3. The summed E-state index contributed by atoms with van der Waals surface area (Å²) in [5.74, 6) is 1.75. The van der Waals surface area contributed by atoms with Gasteiger partial charge >= 0.3 is 0 Å². The average molecular weight is 296 g/mol. The van der Waals surface area contributed by atoms with Gasteiger partial charge in [-0.15, -0.1) is 0 Å². The van der Waals surface area contributed by atoms with Gasteiger partial charge in [0.2, 0.25) is 0 Å². The zero-order chi connectivity index (χ0) is 15.5. The van der Waals surface area contributed by atoms with Crippen LogP contribution in [0.3, 0.4) is 0 Å². The number of guanidine groups is 1. The Bertz CT molecular complexity index is 408. The molecule has 1 aromatic heterocycles. The van der Waals surface area contributed by atoms with Gasteiger partial charge in [0.1, 0.15) is 5.76 Å². The van der Waals surface area contributed by atoms with Crippen molar-refractivity contribution in [3.05, 3.63) is 17.0 Å². The van der Waals surface area contributed by atoms with E-state index in [1.807, 2.05) is 0 Å². The van der Waals surface area contributed by atoms with Crippen LogP contribution in [-0.2, 0) is 24.1 Å². The minimum atomic E-state index is 0.593. The summed E-state index contributed by atoms with van der Waals surface area (Å²) in [5.41, 5.74) is 2.12. The summed E-state index contributed by atoms with van der Waals surface area (Å²) in [6.07, 6.45) is 2.66. The van der Waals surface area contributed by atoms with Crippen molar-refractivity contribution in [3.8, 4) is 0 Å². The van der Waals surface area contributed by atoms with E-state index in [1.54, 1.807) is 7.11 Å². The van der Waals surface area contributed by atoms with Gasteiger partial charge in [-0.25, -0.2) is 4.99 Å². The Balaban J connectivity index is 2.66. The number of hydrogen-bond donors (Lipinski definition) is 2. The van der Waals surface area contributed by atoms with E-state index in [0.29, 0.717) is 6.54 Å². The summed E-state index contributed by atoms with van der Waals surface area (Å²) >= 11 is 0. The standard InChI is InChI=1S/C15H28N4O2/c1-5-13-12(14(6-2)21-19-13)11-18-15(16-7-3)17-9-8-10-20-4/h5-11H2,1-4H3,(H2,16,17,18). The first kappa shape index (κ1) is 17.5. The zero-order valence-corrected chi connectivity index (χ0v) is 13.7. The Morgan fingerprint density at radius 2 is 2.05 bits per heavy atom. The lowest BCUT2D eigenvalue weighted by molar-refractivity contribution is 0.195. The second-order valence-corrected chi connectivity index (χ2v) is 4.71. The molecule has 0 aromatic carbocycles. The summed E-state index contributed by atoms with van der Waals surface area (Å²) in [6, 6.07) is 0. The Labute approximate surface area is 127 Å². The van der Waals surface area contributed by atoms with E-state index in [-0.39, 0.29) is 0 Å². The van der Waals surface area contributed by atoms with Crippen LogP contribution in [-0.4, -0.2) is 37.9 Å². The fourth-order valence-corrected chi connectivity index (χ4v) is 2.04. The van der Waals surface area contributed by atoms with E-state index in [2.05, 4.69) is 41.6 Å². The number of rotatable bonds is 9. The first-order valence-electron chi connectivity index (χ1n) is 7.74. The molecule has 0 aliphatic heterocycles. The van der Waals surface area contributed by atoms with E-state index in [9.17, 15) is 0 Å². The number of hydrogen-bond acceptors (Lipinski definition) is 4. The van der Waals surface area contributed by atoms with E-state index < -0.39 is 0 Å². The Kier molecular flexibility index (Phi) is 8.50. The highest BCUT2D eigenvalue weighted by molar-refractivity contribution is 5.79. The fourth-order valence-electron chi connectivity index (χ4n) is 2.04. The summed E-state index contributed by atoms with van der Waals surface area (Å²) < 4.78 is 10.4. The lowest BCUT2D eigenvalue weighted by Crippen LogP contribution is -2.38. The van der Waals surface area contributed by atoms with Crippen molar-refractivity contribution in [2.75, 3.05) is 26.8 Å². The quantitative estimate of drug-likeness (QED) is 0.414. The third kappa shape index (κ3) is 5.75. The molecule has 0 atom stereocenters. The molecule has 21 heavy (non-hydrogen) atoms. The summed E-state index contributed by atoms with van der Waals surface area (Å²) in [4.78, 5) is 4.62. The largest absolute Gasteiger partial charge is 0.385 e. The average Bonchev–Trinajstić information content (AvgIpc) is 2.91. The van der Waals surface area contributed by atoms with Crippen LogP contribution in [0, 0.1) is 0 Å². The highest BCUT2D eigenvalue weighted by Gasteiger charge is 2.12. The number of aliphatic imine (C=N–C) groups is 1. The van der Waals surface area contributed by atoms with Crippen molar-refractivity contribution in [2.24, 2.45) is 4.99 Å². The molecule has 0 amide bonds. The first-order valence-corrected chi connectivity index (χ1v) is 7.74. The van der Waals surface area contributed by atoms with Crippen molar-refractivity contribution in [3.63, 3.8) is 0 Å². The van der Waals surface area contributed by atoms with Crippen LogP contribution < -0.4 is 10.6 Å². The second-order valence-electron chi connectivity index (χ2n) is 4.71. The Morgan fingerprint density at radius 1 is 1.24 bits per heavy atom. The summed E-state index contributed by atoms with van der Waals surface area (Å²) in [7, 11) is 1.71. The van der Waals surface area contributed by atoms with E-state index in [4.69, 9.17) is 9.26 Å². The molecule has 2 N–H and O–H groups in total. The third-order valence-electron chi connectivity index (χ3n) is 3.16. The number of aryl methyl sites for hydroxylation is 2. The Morgan fingerprint density at radius 3 is 2.67 bits per heavy atom. The van der Waals surface area contributed by atoms with Gasteiger partial charge in [-0.1, -0.05) is 19.0 Å². The summed E-state index contributed by atoms with van der Waals surface area (Å²) in [6.45, 7) is 9.22. The third-order valence-corrected chi connectivity index (χ3v) is 3.16. The van der Waals surface area contributed by atoms with Crippen LogP contribution in [0.4, 0.5) is 0 Å². The molecule has 120 valence electrons. The molecule has 0 spiro atoms. The number of nitrogens with one attached hydrogen (secondary N) is 2. The lowest BCUT2D eigenvalue weighted by Gasteiger charge is -2.11. The molecule has 0 aliphatic carbocycles. The van der Waals surface area contributed by atoms with Crippen molar-refractivity contribution >= 4 is 5.96 Å². The second kappa shape index (κ2) is 10.2. The molecule has 0 saturated carbocycles. The van der Waals surface area contributed by atoms with Gasteiger partial charge in [-0.2, -0.15) is 0 Å². The number of aromatic nitrogens is 1. The van der Waals surface area contributed by atoms with Gasteiger partial charge in [0.05, 0.1) is 12.2 Å². The number of ether oxygens (including phenoxy) is 1. The molecule has 6 nitrogen and oxygen atoms in total. The van der Waals surface area contributed by atoms with E-state index in [0.717, 1.165) is 61.9 Å². The zero-order valence-electron chi connectivity index (χ0n) is 13.7. The topological polar surface area (TPSA) is 71.7 Å². The van der Waals surface area contributed by atoms with Crippen molar-refractivity contribution < 1.29 is 9.26 Å². The number of methoxy groups -OCH3 is 1. The smallest absolute Gasteiger partial charge is 0.191 e. The van der Waals surface area contributed by atoms with Gasteiger partial charge < -0.3 is 19.9 Å². The minimum Gasteiger partial charge on any atom is -0.385 e. The van der Waals surface area contributed by atoms with Crippen molar-refractivity contribution in [1.82, 2.24) is 15.8 Å². The normalized spacial score (nSPS) is 11.7. The minimum absolute atomic E-state index is 0.593. The van der Waals surface area contributed by atoms with Crippen LogP contribution in [0.1, 0.15) is 44.2 Å². The van der Waals surface area contributed by atoms with Gasteiger partial charge in [0, 0.05) is 38.8 Å². The van der Waals surface area contributed by atoms with Crippen LogP contribution in [0.2, 0.25) is 0 Å². The molecule has 1 aromatic rings. The fraction of sp³-hybridized carbons (Fsp3) is 0.733.